The van der Waals surface area contributed by atoms with Crippen LogP contribution in [0.2, 0.25) is 0 Å². The van der Waals surface area contributed by atoms with Gasteiger partial charge in [-0.05, 0) is 67.7 Å². The molecule has 0 aromatic rings. The van der Waals surface area contributed by atoms with Crippen LogP contribution in [0.3, 0.4) is 0 Å². The molecule has 0 radical (unpaired) electrons. The third-order valence-electron chi connectivity index (χ3n) is 8.48. The molecule has 0 aromatic heterocycles. The molecule has 2 rings (SSSR count). The zero-order valence-electron chi connectivity index (χ0n) is 19.7. The van der Waals surface area contributed by atoms with Crippen molar-refractivity contribution in [2.45, 2.75) is 105 Å². The minimum Gasteiger partial charge on any atom is -0.306 e. The van der Waals surface area contributed by atoms with E-state index in [1.165, 1.54) is 83.7 Å². The first-order chi connectivity index (χ1) is 12.9. The molecule has 2 fully saturated rings. The Bertz CT molecular complexity index is 392. The van der Waals surface area contributed by atoms with Crippen LogP contribution in [0.15, 0.2) is 0 Å². The highest BCUT2D eigenvalue weighted by Crippen LogP contribution is 2.36. The summed E-state index contributed by atoms with van der Waals surface area (Å²) in [6.07, 6.45) is 16.2. The summed E-state index contributed by atoms with van der Waals surface area (Å²) in [6, 6.07) is 0. The summed E-state index contributed by atoms with van der Waals surface area (Å²) >= 11 is 0. The second-order valence-corrected chi connectivity index (χ2v) is 11.1. The Labute approximate surface area is 172 Å². The lowest BCUT2D eigenvalue weighted by Crippen LogP contribution is -2.32. The maximum absolute atomic E-state index is 2.67. The van der Waals surface area contributed by atoms with Crippen LogP contribution >= 0.6 is 0 Å². The lowest BCUT2D eigenvalue weighted by molar-refractivity contribution is 0.178. The van der Waals surface area contributed by atoms with Crippen molar-refractivity contribution in [3.63, 3.8) is 0 Å². The van der Waals surface area contributed by atoms with Crippen molar-refractivity contribution < 1.29 is 0 Å². The van der Waals surface area contributed by atoms with Gasteiger partial charge in [-0.3, -0.25) is 0 Å². The van der Waals surface area contributed by atoms with Crippen LogP contribution in [0.25, 0.3) is 0 Å². The Morgan fingerprint density at radius 3 is 2.07 bits per heavy atom. The first kappa shape index (κ1) is 23.2. The summed E-state index contributed by atoms with van der Waals surface area (Å²) < 4.78 is 0. The molecule has 7 atom stereocenters. The van der Waals surface area contributed by atoms with Crippen molar-refractivity contribution in [3.8, 4) is 0 Å². The van der Waals surface area contributed by atoms with Crippen LogP contribution in [-0.4, -0.2) is 25.0 Å². The van der Waals surface area contributed by atoms with E-state index in [1.54, 1.807) is 0 Å². The van der Waals surface area contributed by atoms with Crippen LogP contribution in [0, 0.1) is 41.4 Å². The van der Waals surface area contributed by atoms with E-state index in [4.69, 9.17) is 0 Å². The van der Waals surface area contributed by atoms with Crippen molar-refractivity contribution in [3.05, 3.63) is 0 Å². The molecule has 1 aliphatic carbocycles. The summed E-state index contributed by atoms with van der Waals surface area (Å²) in [5.74, 6) is 6.33. The van der Waals surface area contributed by atoms with Crippen LogP contribution < -0.4 is 0 Å². The van der Waals surface area contributed by atoms with Crippen molar-refractivity contribution in [1.82, 2.24) is 4.90 Å². The third-order valence-corrected chi connectivity index (χ3v) is 8.48. The van der Waals surface area contributed by atoms with E-state index >= 15 is 0 Å². The van der Waals surface area contributed by atoms with Crippen LogP contribution in [-0.2, 0) is 0 Å². The van der Waals surface area contributed by atoms with Crippen molar-refractivity contribution in [2.75, 3.05) is 20.1 Å². The second-order valence-electron chi connectivity index (χ2n) is 11.1. The molecule has 160 valence electrons. The van der Waals surface area contributed by atoms with E-state index in [-0.39, 0.29) is 0 Å². The SMILES string of the molecule is CC1CCCCCCCC(CC2CCC(C)C(C)C(C)CN(C)C2)C(C)C1. The molecule has 1 heterocycles. The minimum atomic E-state index is 0.834. The Morgan fingerprint density at radius 2 is 1.33 bits per heavy atom. The Kier molecular flexibility index (Phi) is 10.2. The summed E-state index contributed by atoms with van der Waals surface area (Å²) in [4.78, 5) is 2.67. The number of rotatable bonds is 2. The smallest absolute Gasteiger partial charge is 0.000683 e. The molecule has 2 aliphatic rings. The van der Waals surface area contributed by atoms with Gasteiger partial charge in [-0.15, -0.1) is 0 Å². The van der Waals surface area contributed by atoms with Gasteiger partial charge in [-0.2, -0.15) is 0 Å². The highest BCUT2D eigenvalue weighted by molar-refractivity contribution is 4.80. The third kappa shape index (κ3) is 8.08. The summed E-state index contributed by atoms with van der Waals surface area (Å²) in [5, 5.41) is 0. The first-order valence-electron chi connectivity index (χ1n) is 12.5. The number of hydrogen-bond acceptors (Lipinski definition) is 1. The van der Waals surface area contributed by atoms with Crippen LogP contribution in [0.1, 0.15) is 105 Å². The van der Waals surface area contributed by atoms with Crippen LogP contribution in [0.4, 0.5) is 0 Å². The van der Waals surface area contributed by atoms with Gasteiger partial charge in [0, 0.05) is 13.1 Å². The molecule has 0 N–H and O–H groups in total. The van der Waals surface area contributed by atoms with Gasteiger partial charge >= 0.3 is 0 Å². The van der Waals surface area contributed by atoms with Crippen LogP contribution in [0.5, 0.6) is 0 Å². The highest BCUT2D eigenvalue weighted by Gasteiger charge is 2.28. The van der Waals surface area contributed by atoms with Gasteiger partial charge in [0.2, 0.25) is 0 Å². The van der Waals surface area contributed by atoms with Gasteiger partial charge in [-0.25, -0.2) is 0 Å². The second kappa shape index (κ2) is 11.8. The fourth-order valence-corrected chi connectivity index (χ4v) is 6.22. The topological polar surface area (TPSA) is 3.24 Å². The Morgan fingerprint density at radius 1 is 0.667 bits per heavy atom. The zero-order chi connectivity index (χ0) is 19.8. The monoisotopic (exact) mass is 377 g/mol. The molecule has 27 heavy (non-hydrogen) atoms. The predicted molar refractivity (Wildman–Crippen MR) is 121 cm³/mol. The zero-order valence-corrected chi connectivity index (χ0v) is 19.7. The molecule has 0 amide bonds. The molecule has 0 aromatic carbocycles. The minimum absolute atomic E-state index is 0.834. The van der Waals surface area contributed by atoms with E-state index in [2.05, 4.69) is 46.6 Å². The molecule has 1 heteroatoms. The summed E-state index contributed by atoms with van der Waals surface area (Å²) in [7, 11) is 2.38. The van der Waals surface area contributed by atoms with Gasteiger partial charge in [-0.1, -0.05) is 86.0 Å². The van der Waals surface area contributed by atoms with E-state index in [0.29, 0.717) is 0 Å². The van der Waals surface area contributed by atoms with Gasteiger partial charge in [0.1, 0.15) is 0 Å². The maximum atomic E-state index is 2.67. The predicted octanol–water partition coefficient (Wildman–Crippen LogP) is 7.65. The molecule has 1 aliphatic heterocycles. The molecular formula is C26H51N. The fraction of sp³-hybridized carbons (Fsp3) is 1.00. The Balaban J connectivity index is 2.00. The summed E-state index contributed by atoms with van der Waals surface area (Å²) in [5.41, 5.74) is 0. The fourth-order valence-electron chi connectivity index (χ4n) is 6.22. The quantitative estimate of drug-likeness (QED) is 0.477. The largest absolute Gasteiger partial charge is 0.306 e. The molecule has 1 saturated heterocycles. The lowest BCUT2D eigenvalue weighted by atomic mass is 9.76. The normalized spacial score (nSPS) is 41.8. The average Bonchev–Trinajstić information content (AvgIpc) is 2.63. The van der Waals surface area contributed by atoms with Gasteiger partial charge < -0.3 is 4.90 Å². The molecule has 1 nitrogen and oxygen atoms in total. The summed E-state index contributed by atoms with van der Waals surface area (Å²) in [6.45, 7) is 15.2. The first-order valence-corrected chi connectivity index (χ1v) is 12.5. The lowest BCUT2D eigenvalue weighted by Gasteiger charge is -2.32. The molecule has 0 spiro atoms. The highest BCUT2D eigenvalue weighted by atomic mass is 15.1. The van der Waals surface area contributed by atoms with E-state index in [9.17, 15) is 0 Å². The van der Waals surface area contributed by atoms with Crippen molar-refractivity contribution in [1.29, 1.82) is 0 Å². The molecule has 0 bridgehead atoms. The molecule has 7 unspecified atom stereocenters. The number of hydrogen-bond donors (Lipinski definition) is 0. The van der Waals surface area contributed by atoms with Crippen molar-refractivity contribution >= 4 is 0 Å². The number of nitrogens with zero attached hydrogens (tertiary/aromatic N) is 1. The maximum Gasteiger partial charge on any atom is 0.000683 e. The van der Waals surface area contributed by atoms with E-state index in [0.717, 1.165) is 41.4 Å². The molecule has 1 saturated carbocycles. The van der Waals surface area contributed by atoms with E-state index < -0.39 is 0 Å². The standard InChI is InChI=1S/C26H51N/c1-20-12-10-8-7-9-11-13-26(22(3)16-20)17-25-15-14-21(2)24(5)23(4)18-27(6)19-25/h20-26H,7-19H2,1-6H3. The Hall–Kier alpha value is -0.0400. The van der Waals surface area contributed by atoms with Gasteiger partial charge in [0.05, 0.1) is 0 Å². The van der Waals surface area contributed by atoms with Gasteiger partial charge in [0.25, 0.3) is 0 Å². The average molecular weight is 378 g/mol. The van der Waals surface area contributed by atoms with Gasteiger partial charge in [0.15, 0.2) is 0 Å². The molecular weight excluding hydrogens is 326 g/mol. The van der Waals surface area contributed by atoms with E-state index in [1.807, 2.05) is 0 Å². The van der Waals surface area contributed by atoms with Crippen molar-refractivity contribution in [2.24, 2.45) is 41.4 Å².